The Morgan fingerprint density at radius 1 is 1.20 bits per heavy atom. The van der Waals surface area contributed by atoms with Gasteiger partial charge in [-0.25, -0.2) is 9.37 Å². The molecule has 0 saturated carbocycles. The predicted octanol–water partition coefficient (Wildman–Crippen LogP) is 3.51. The largest absolute Gasteiger partial charge is 0.307 e. The van der Waals surface area contributed by atoms with Crippen LogP contribution in [0.5, 0.6) is 0 Å². The van der Waals surface area contributed by atoms with Crippen LogP contribution in [0.4, 0.5) is 10.2 Å². The summed E-state index contributed by atoms with van der Waals surface area (Å²) in [6.45, 7) is 0. The third kappa shape index (κ3) is 3.31. The van der Waals surface area contributed by atoms with Crippen LogP contribution >= 0.6 is 23.2 Å². The van der Waals surface area contributed by atoms with Gasteiger partial charge in [0.15, 0.2) is 0 Å². The Labute approximate surface area is 123 Å². The highest BCUT2D eigenvalue weighted by atomic mass is 35.5. The molecule has 0 saturated heterocycles. The Kier molecular flexibility index (Phi) is 4.32. The third-order valence-corrected chi connectivity index (χ3v) is 2.94. The molecule has 1 N–H and O–H groups in total. The zero-order valence-corrected chi connectivity index (χ0v) is 11.4. The van der Waals surface area contributed by atoms with Crippen molar-refractivity contribution in [1.82, 2.24) is 4.98 Å². The number of benzene rings is 1. The summed E-state index contributed by atoms with van der Waals surface area (Å²) in [5, 5.41) is 1.83. The molecule has 20 heavy (non-hydrogen) atoms. The average molecular weight is 313 g/mol. The third-order valence-electron chi connectivity index (χ3n) is 2.41. The molecular weight excluding hydrogens is 306 g/mol. The van der Waals surface area contributed by atoms with Gasteiger partial charge < -0.3 is 5.32 Å². The van der Waals surface area contributed by atoms with Gasteiger partial charge in [0.1, 0.15) is 11.6 Å². The first-order valence-electron chi connectivity index (χ1n) is 5.39. The molecule has 0 unspecified atom stereocenters. The number of rotatable bonds is 3. The maximum absolute atomic E-state index is 12.9. The minimum atomic E-state index is -0.642. The average Bonchev–Trinajstić information content (AvgIpc) is 2.39. The number of pyridine rings is 1. The summed E-state index contributed by atoms with van der Waals surface area (Å²) in [4.78, 5) is 26.6. The van der Waals surface area contributed by atoms with Crippen LogP contribution in [0.25, 0.3) is 0 Å². The second kappa shape index (κ2) is 5.98. The monoisotopic (exact) mass is 312 g/mol. The molecule has 0 fully saturated rings. The molecule has 0 spiro atoms. The minimum absolute atomic E-state index is 0.00458. The number of carbonyl (C=O) groups is 2. The summed E-state index contributed by atoms with van der Waals surface area (Å²) in [7, 11) is 0. The Hall–Kier alpha value is -1.98. The summed E-state index contributed by atoms with van der Waals surface area (Å²) in [5.41, 5.74) is 0.330. The van der Waals surface area contributed by atoms with E-state index in [2.05, 4.69) is 10.3 Å². The van der Waals surface area contributed by atoms with Crippen molar-refractivity contribution < 1.29 is 14.0 Å². The predicted molar refractivity (Wildman–Crippen MR) is 73.8 cm³/mol. The van der Waals surface area contributed by atoms with Gasteiger partial charge in [-0.2, -0.15) is 0 Å². The van der Waals surface area contributed by atoms with Gasteiger partial charge >= 0.3 is 0 Å². The van der Waals surface area contributed by atoms with E-state index in [1.807, 2.05) is 0 Å². The Bertz CT molecular complexity index is 675. The summed E-state index contributed by atoms with van der Waals surface area (Å²) in [6.07, 6.45) is 1.23. The maximum atomic E-state index is 12.9. The molecule has 2 aromatic rings. The molecule has 0 radical (unpaired) electrons. The van der Waals surface area contributed by atoms with E-state index >= 15 is 0 Å². The number of carbonyl (C=O) groups excluding carboxylic acids is 2. The summed E-state index contributed by atoms with van der Waals surface area (Å²) in [5.74, 6) is -0.848. The standard InChI is InChI=1S/C13H7Cl2FN2O2/c14-10-5-8(16)2-3-9(10)13(20)18-11-4-1-7(6-17-11)12(15)19/h1-6H,(H,17,18,20). The molecule has 7 heteroatoms. The van der Waals surface area contributed by atoms with Gasteiger partial charge in [-0.15, -0.1) is 0 Å². The lowest BCUT2D eigenvalue weighted by Crippen LogP contribution is -2.13. The maximum Gasteiger partial charge on any atom is 0.258 e. The second-order valence-electron chi connectivity index (χ2n) is 3.78. The van der Waals surface area contributed by atoms with Gasteiger partial charge in [0.2, 0.25) is 0 Å². The van der Waals surface area contributed by atoms with E-state index in [4.69, 9.17) is 23.2 Å². The first kappa shape index (κ1) is 14.4. The van der Waals surface area contributed by atoms with Gasteiger partial charge in [0.05, 0.1) is 16.1 Å². The van der Waals surface area contributed by atoms with Crippen LogP contribution in [-0.2, 0) is 0 Å². The van der Waals surface area contributed by atoms with Crippen molar-refractivity contribution in [1.29, 1.82) is 0 Å². The van der Waals surface area contributed by atoms with E-state index in [9.17, 15) is 14.0 Å². The molecule has 0 aliphatic heterocycles. The van der Waals surface area contributed by atoms with Crippen molar-refractivity contribution in [2.45, 2.75) is 0 Å². The van der Waals surface area contributed by atoms with Gasteiger partial charge in [0, 0.05) is 6.20 Å². The molecule has 0 atom stereocenters. The second-order valence-corrected chi connectivity index (χ2v) is 4.53. The van der Waals surface area contributed by atoms with Crippen molar-refractivity contribution in [3.05, 3.63) is 58.5 Å². The fraction of sp³-hybridized carbons (Fsp3) is 0. The van der Waals surface area contributed by atoms with E-state index in [1.54, 1.807) is 0 Å². The number of nitrogens with zero attached hydrogens (tertiary/aromatic N) is 1. The summed E-state index contributed by atoms with van der Waals surface area (Å²) >= 11 is 11.0. The van der Waals surface area contributed by atoms with Crippen molar-refractivity contribution in [2.24, 2.45) is 0 Å². The van der Waals surface area contributed by atoms with Crippen molar-refractivity contribution in [3.63, 3.8) is 0 Å². The van der Waals surface area contributed by atoms with Gasteiger partial charge in [-0.05, 0) is 41.9 Å². The lowest BCUT2D eigenvalue weighted by Gasteiger charge is -2.06. The molecule has 2 rings (SSSR count). The molecular formula is C13H7Cl2FN2O2. The van der Waals surface area contributed by atoms with Crippen LogP contribution in [-0.4, -0.2) is 16.1 Å². The van der Waals surface area contributed by atoms with Crippen LogP contribution in [0.1, 0.15) is 20.7 Å². The zero-order valence-electron chi connectivity index (χ0n) is 9.86. The quantitative estimate of drug-likeness (QED) is 0.882. The Morgan fingerprint density at radius 3 is 2.50 bits per heavy atom. The number of halogens is 3. The normalized spacial score (nSPS) is 10.2. The molecule has 0 aliphatic rings. The molecule has 102 valence electrons. The van der Waals surface area contributed by atoms with Gasteiger partial charge in [-0.3, -0.25) is 9.59 Å². The molecule has 0 bridgehead atoms. The molecule has 4 nitrogen and oxygen atoms in total. The number of hydrogen-bond acceptors (Lipinski definition) is 3. The molecule has 1 amide bonds. The summed E-state index contributed by atoms with van der Waals surface area (Å²) < 4.78 is 12.9. The van der Waals surface area contributed by atoms with Crippen LogP contribution < -0.4 is 5.32 Å². The van der Waals surface area contributed by atoms with E-state index in [1.165, 1.54) is 24.4 Å². The Morgan fingerprint density at radius 2 is 1.95 bits per heavy atom. The van der Waals surface area contributed by atoms with Crippen molar-refractivity contribution >= 4 is 40.2 Å². The first-order chi connectivity index (χ1) is 9.47. The fourth-order valence-corrected chi connectivity index (χ4v) is 1.81. The van der Waals surface area contributed by atoms with Crippen LogP contribution in [0, 0.1) is 5.82 Å². The zero-order chi connectivity index (χ0) is 14.7. The SMILES string of the molecule is O=C(Cl)c1ccc(NC(=O)c2ccc(F)cc2Cl)nc1. The van der Waals surface area contributed by atoms with Crippen molar-refractivity contribution in [2.75, 3.05) is 5.32 Å². The van der Waals surface area contributed by atoms with E-state index in [0.717, 1.165) is 12.1 Å². The molecule has 0 aliphatic carbocycles. The molecule has 1 aromatic carbocycles. The van der Waals surface area contributed by atoms with E-state index in [-0.39, 0.29) is 22.0 Å². The number of aromatic nitrogens is 1. The molecule has 1 aromatic heterocycles. The lowest BCUT2D eigenvalue weighted by atomic mass is 10.2. The van der Waals surface area contributed by atoms with Crippen LogP contribution in [0.2, 0.25) is 5.02 Å². The van der Waals surface area contributed by atoms with Gasteiger partial charge in [0.25, 0.3) is 11.1 Å². The van der Waals surface area contributed by atoms with Crippen LogP contribution in [0.3, 0.4) is 0 Å². The van der Waals surface area contributed by atoms with E-state index < -0.39 is 17.0 Å². The fourth-order valence-electron chi connectivity index (χ4n) is 1.44. The first-order valence-corrected chi connectivity index (χ1v) is 6.15. The van der Waals surface area contributed by atoms with Crippen molar-refractivity contribution in [3.8, 4) is 0 Å². The summed E-state index contributed by atoms with van der Waals surface area (Å²) in [6, 6.07) is 6.28. The van der Waals surface area contributed by atoms with Crippen LogP contribution in [0.15, 0.2) is 36.5 Å². The lowest BCUT2D eigenvalue weighted by molar-refractivity contribution is 0.102. The highest BCUT2D eigenvalue weighted by molar-refractivity contribution is 6.67. The van der Waals surface area contributed by atoms with Gasteiger partial charge in [-0.1, -0.05) is 11.6 Å². The van der Waals surface area contributed by atoms with E-state index in [0.29, 0.717) is 0 Å². The minimum Gasteiger partial charge on any atom is -0.307 e. The number of amides is 1. The highest BCUT2D eigenvalue weighted by Crippen LogP contribution is 2.18. The Balaban J connectivity index is 2.17. The number of anilines is 1. The number of hydrogen-bond donors (Lipinski definition) is 1. The number of nitrogens with one attached hydrogen (secondary N) is 1. The highest BCUT2D eigenvalue weighted by Gasteiger charge is 2.12. The smallest absolute Gasteiger partial charge is 0.258 e. The topological polar surface area (TPSA) is 59.1 Å². The molecule has 1 heterocycles.